The van der Waals surface area contributed by atoms with Crippen LogP contribution in [-0.4, -0.2) is 37.6 Å². The first-order valence-electron chi connectivity index (χ1n) is 5.60. The molecule has 80 valence electrons. The topological polar surface area (TPSA) is 15.3 Å². The molecule has 1 N–H and O–H groups in total. The summed E-state index contributed by atoms with van der Waals surface area (Å²) in [6.45, 7) is 10.1. The number of piperidine rings is 1. The maximum Gasteiger partial charge on any atom is 0.0574 e. The van der Waals surface area contributed by atoms with E-state index in [9.17, 15) is 0 Å². The van der Waals surface area contributed by atoms with Gasteiger partial charge in [-0.1, -0.05) is 19.8 Å². The van der Waals surface area contributed by atoms with Gasteiger partial charge in [-0.3, -0.25) is 0 Å². The van der Waals surface area contributed by atoms with Crippen molar-refractivity contribution in [2.24, 2.45) is 11.8 Å². The minimum absolute atomic E-state index is 0.694. The van der Waals surface area contributed by atoms with Gasteiger partial charge in [0.25, 0.3) is 0 Å². The van der Waals surface area contributed by atoms with Crippen LogP contribution in [0.5, 0.6) is 0 Å². The van der Waals surface area contributed by atoms with E-state index in [2.05, 4.69) is 30.0 Å². The Hall–Kier alpha value is -0.520. The summed E-state index contributed by atoms with van der Waals surface area (Å²) in [7, 11) is 0. The summed E-state index contributed by atoms with van der Waals surface area (Å²) in [5, 5.41) is 3.23. The van der Waals surface area contributed by atoms with Crippen LogP contribution in [-0.2, 0) is 0 Å². The normalized spacial score (nSPS) is 28.6. The van der Waals surface area contributed by atoms with Crippen molar-refractivity contribution < 1.29 is 0 Å². The molecule has 1 rings (SSSR count). The molecule has 0 aliphatic carbocycles. The van der Waals surface area contributed by atoms with E-state index in [0.29, 0.717) is 6.54 Å². The fourth-order valence-corrected chi connectivity index (χ4v) is 1.95. The molecule has 1 aliphatic rings. The molecule has 0 aromatic rings. The lowest BCUT2D eigenvalue weighted by atomic mass is 9.89. The van der Waals surface area contributed by atoms with Crippen LogP contribution in [0.25, 0.3) is 0 Å². The molecule has 2 heteroatoms. The lowest BCUT2D eigenvalue weighted by molar-refractivity contribution is 0.139. The zero-order valence-corrected chi connectivity index (χ0v) is 9.42. The highest BCUT2D eigenvalue weighted by Gasteiger charge is 2.21. The monoisotopic (exact) mass is 194 g/mol. The van der Waals surface area contributed by atoms with Gasteiger partial charge in [0.15, 0.2) is 0 Å². The highest BCUT2D eigenvalue weighted by atomic mass is 15.1. The lowest BCUT2D eigenvalue weighted by Crippen LogP contribution is -2.41. The smallest absolute Gasteiger partial charge is 0.0574 e. The molecule has 0 radical (unpaired) electrons. The van der Waals surface area contributed by atoms with Gasteiger partial charge in [-0.2, -0.15) is 0 Å². The van der Waals surface area contributed by atoms with Crippen LogP contribution in [0.2, 0.25) is 0 Å². The molecule has 0 aromatic heterocycles. The van der Waals surface area contributed by atoms with Gasteiger partial charge >= 0.3 is 0 Å². The quantitative estimate of drug-likeness (QED) is 0.534. The number of nitrogens with zero attached hydrogens (tertiary/aromatic N) is 1. The molecule has 1 saturated heterocycles. The number of rotatable bonds is 4. The summed E-state index contributed by atoms with van der Waals surface area (Å²) in [5.74, 6) is 4.33. The fourth-order valence-electron chi connectivity index (χ4n) is 1.95. The second-order valence-corrected chi connectivity index (χ2v) is 4.42. The van der Waals surface area contributed by atoms with Crippen molar-refractivity contribution in [3.63, 3.8) is 0 Å². The Morgan fingerprint density at radius 2 is 2.21 bits per heavy atom. The van der Waals surface area contributed by atoms with Crippen LogP contribution in [0.15, 0.2) is 0 Å². The van der Waals surface area contributed by atoms with Gasteiger partial charge < -0.3 is 10.2 Å². The van der Waals surface area contributed by atoms with Crippen LogP contribution >= 0.6 is 0 Å². The first-order valence-corrected chi connectivity index (χ1v) is 5.60. The Balaban J connectivity index is 2.11. The van der Waals surface area contributed by atoms with Crippen molar-refractivity contribution in [1.82, 2.24) is 10.2 Å². The summed E-state index contributed by atoms with van der Waals surface area (Å²) in [4.78, 5) is 2.54. The van der Waals surface area contributed by atoms with Gasteiger partial charge in [0, 0.05) is 19.6 Å². The van der Waals surface area contributed by atoms with Crippen LogP contribution in [0, 0.1) is 24.2 Å². The highest BCUT2D eigenvalue weighted by molar-refractivity contribution is 4.86. The molecule has 14 heavy (non-hydrogen) atoms. The molecule has 2 nitrogen and oxygen atoms in total. The van der Waals surface area contributed by atoms with E-state index < -0.39 is 0 Å². The zero-order valence-electron chi connectivity index (χ0n) is 9.42. The lowest BCUT2D eigenvalue weighted by Gasteiger charge is -2.35. The average molecular weight is 194 g/mol. The highest BCUT2D eigenvalue weighted by Crippen LogP contribution is 2.21. The number of hydrogen-bond acceptors (Lipinski definition) is 2. The Morgan fingerprint density at radius 3 is 2.86 bits per heavy atom. The maximum absolute atomic E-state index is 5.16. The third-order valence-corrected chi connectivity index (χ3v) is 3.25. The van der Waals surface area contributed by atoms with Gasteiger partial charge in [0.05, 0.1) is 6.54 Å². The number of nitrogens with one attached hydrogen (secondary N) is 1. The van der Waals surface area contributed by atoms with Crippen molar-refractivity contribution in [2.45, 2.75) is 20.3 Å². The van der Waals surface area contributed by atoms with Crippen molar-refractivity contribution in [3.8, 4) is 12.3 Å². The first kappa shape index (κ1) is 11.6. The molecule has 0 saturated carbocycles. The van der Waals surface area contributed by atoms with E-state index in [1.165, 1.54) is 19.5 Å². The minimum atomic E-state index is 0.694. The van der Waals surface area contributed by atoms with E-state index >= 15 is 0 Å². The van der Waals surface area contributed by atoms with E-state index in [-0.39, 0.29) is 0 Å². The van der Waals surface area contributed by atoms with E-state index in [1.54, 1.807) is 0 Å². The number of hydrogen-bond donors (Lipinski definition) is 1. The molecule has 0 aromatic carbocycles. The summed E-state index contributed by atoms with van der Waals surface area (Å²) in [6.07, 6.45) is 6.51. The van der Waals surface area contributed by atoms with Crippen LogP contribution < -0.4 is 5.32 Å². The Kier molecular flexibility index (Phi) is 5.00. The number of terminal acetylenes is 1. The molecule has 2 unspecified atom stereocenters. The fraction of sp³-hybridized carbons (Fsp3) is 0.833. The van der Waals surface area contributed by atoms with Crippen molar-refractivity contribution >= 4 is 0 Å². The van der Waals surface area contributed by atoms with Gasteiger partial charge in [-0.15, -0.1) is 6.42 Å². The van der Waals surface area contributed by atoms with E-state index in [4.69, 9.17) is 6.42 Å². The molecule has 0 amide bonds. The largest absolute Gasteiger partial charge is 0.305 e. The molecule has 1 fully saturated rings. The molecule has 1 heterocycles. The second-order valence-electron chi connectivity index (χ2n) is 4.42. The number of likely N-dealkylation sites (tertiary alicyclic amines) is 1. The van der Waals surface area contributed by atoms with Crippen molar-refractivity contribution in [1.29, 1.82) is 0 Å². The predicted molar refractivity (Wildman–Crippen MR) is 61.1 cm³/mol. The SMILES string of the molecule is C#CCNCCN1CCC(C)C(C)C1. The summed E-state index contributed by atoms with van der Waals surface area (Å²) >= 11 is 0. The van der Waals surface area contributed by atoms with Gasteiger partial charge in [-0.25, -0.2) is 0 Å². The minimum Gasteiger partial charge on any atom is -0.305 e. The maximum atomic E-state index is 5.16. The van der Waals surface area contributed by atoms with Gasteiger partial charge in [-0.05, 0) is 24.8 Å². The van der Waals surface area contributed by atoms with Gasteiger partial charge in [0.1, 0.15) is 0 Å². The molecular weight excluding hydrogens is 172 g/mol. The Bertz CT molecular complexity index is 195. The van der Waals surface area contributed by atoms with Crippen LogP contribution in [0.3, 0.4) is 0 Å². The summed E-state index contributed by atoms with van der Waals surface area (Å²) < 4.78 is 0. The zero-order chi connectivity index (χ0) is 10.4. The van der Waals surface area contributed by atoms with E-state index in [1.807, 2.05) is 0 Å². The molecule has 1 aliphatic heterocycles. The molecule has 2 atom stereocenters. The standard InChI is InChI=1S/C12H22N2/c1-4-6-13-7-9-14-8-5-11(2)12(3)10-14/h1,11-13H,5-10H2,2-3H3. The molecule has 0 spiro atoms. The van der Waals surface area contributed by atoms with Gasteiger partial charge in [0.2, 0.25) is 0 Å². The Morgan fingerprint density at radius 1 is 1.43 bits per heavy atom. The van der Waals surface area contributed by atoms with Crippen LogP contribution in [0.4, 0.5) is 0 Å². The van der Waals surface area contributed by atoms with Crippen LogP contribution in [0.1, 0.15) is 20.3 Å². The molecule has 0 bridgehead atoms. The second kappa shape index (κ2) is 6.06. The van der Waals surface area contributed by atoms with Crippen molar-refractivity contribution in [3.05, 3.63) is 0 Å². The predicted octanol–water partition coefficient (Wildman–Crippen LogP) is 1.19. The summed E-state index contributed by atoms with van der Waals surface area (Å²) in [6, 6.07) is 0. The summed E-state index contributed by atoms with van der Waals surface area (Å²) in [5.41, 5.74) is 0. The Labute approximate surface area is 88.1 Å². The average Bonchev–Trinajstić information content (AvgIpc) is 2.18. The first-order chi connectivity index (χ1) is 6.74. The van der Waals surface area contributed by atoms with Crippen molar-refractivity contribution in [2.75, 3.05) is 32.7 Å². The molecular formula is C12H22N2. The third kappa shape index (κ3) is 3.69. The van der Waals surface area contributed by atoms with E-state index in [0.717, 1.165) is 24.9 Å². The third-order valence-electron chi connectivity index (χ3n) is 3.25.